The monoisotopic (exact) mass is 493 g/mol. The quantitative estimate of drug-likeness (QED) is 0.271. The highest BCUT2D eigenvalue weighted by Crippen LogP contribution is 2.44. The van der Waals surface area contributed by atoms with Crippen molar-refractivity contribution in [2.24, 2.45) is 7.05 Å². The molecule has 0 aliphatic carbocycles. The number of aromatic nitrogens is 1. The Morgan fingerprint density at radius 1 is 0.658 bits per heavy atom. The molecule has 4 nitrogen and oxygen atoms in total. The van der Waals surface area contributed by atoms with E-state index in [2.05, 4.69) is 52.9 Å². The van der Waals surface area contributed by atoms with Gasteiger partial charge in [-0.3, -0.25) is 9.59 Å². The lowest BCUT2D eigenvalue weighted by Gasteiger charge is -2.34. The van der Waals surface area contributed by atoms with Gasteiger partial charge in [-0.25, -0.2) is 0 Å². The van der Waals surface area contributed by atoms with E-state index in [9.17, 15) is 9.59 Å². The lowest BCUT2D eigenvalue weighted by atomic mass is 9.84. The Kier molecular flexibility index (Phi) is 4.92. The predicted molar refractivity (Wildman–Crippen MR) is 154 cm³/mol. The first-order valence-corrected chi connectivity index (χ1v) is 12.8. The second-order valence-electron chi connectivity index (χ2n) is 9.96. The molecule has 4 heteroatoms. The van der Waals surface area contributed by atoms with Gasteiger partial charge in [-0.1, -0.05) is 66.7 Å². The highest BCUT2D eigenvalue weighted by Gasteiger charge is 2.27. The Hall–Kier alpha value is -4.83. The van der Waals surface area contributed by atoms with Gasteiger partial charge in [-0.05, 0) is 41.5 Å². The van der Waals surface area contributed by atoms with Crippen LogP contribution in [-0.2, 0) is 7.05 Å². The average molecular weight is 494 g/mol. The van der Waals surface area contributed by atoms with Gasteiger partial charge in [0.25, 0.3) is 0 Å². The van der Waals surface area contributed by atoms with E-state index < -0.39 is 0 Å². The van der Waals surface area contributed by atoms with Crippen molar-refractivity contribution in [2.75, 3.05) is 11.9 Å². The second-order valence-corrected chi connectivity index (χ2v) is 9.96. The Balaban J connectivity index is 1.46. The zero-order chi connectivity index (χ0) is 26.0. The van der Waals surface area contributed by atoms with Crippen LogP contribution in [0.15, 0.2) is 107 Å². The summed E-state index contributed by atoms with van der Waals surface area (Å²) in [4.78, 5) is 29.2. The summed E-state index contributed by atoms with van der Waals surface area (Å²) in [6.45, 7) is 0. The zero-order valence-corrected chi connectivity index (χ0v) is 21.2. The summed E-state index contributed by atoms with van der Waals surface area (Å²) in [6, 6.07) is 32.6. The molecule has 0 atom stereocenters. The molecule has 7 rings (SSSR count). The highest BCUT2D eigenvalue weighted by atomic mass is 16.1. The summed E-state index contributed by atoms with van der Waals surface area (Å²) in [5.74, 6) is -0.166. The van der Waals surface area contributed by atoms with Gasteiger partial charge in [0.05, 0.1) is 21.2 Å². The van der Waals surface area contributed by atoms with Crippen molar-refractivity contribution in [1.29, 1.82) is 0 Å². The molecule has 0 unspecified atom stereocenters. The smallest absolute Gasteiger partial charge is 0.213 e. The number of hydrogen-bond donors (Lipinski definition) is 0. The van der Waals surface area contributed by atoms with E-state index in [1.165, 1.54) is 0 Å². The van der Waals surface area contributed by atoms with Gasteiger partial charge in [0, 0.05) is 42.0 Å². The molecule has 0 saturated heterocycles. The molecule has 2 heterocycles. The van der Waals surface area contributed by atoms with Crippen LogP contribution in [-0.4, -0.2) is 7.05 Å². The molecule has 38 heavy (non-hydrogen) atoms. The Morgan fingerprint density at radius 3 is 1.68 bits per heavy atom. The summed E-state index contributed by atoms with van der Waals surface area (Å²) < 4.78 is 2.15. The number of hydrogen-bond acceptors (Lipinski definition) is 3. The number of nitrogens with zero attached hydrogens (tertiary/aromatic N) is 2. The topological polar surface area (TPSA) is 41.3 Å². The third-order valence-corrected chi connectivity index (χ3v) is 7.98. The van der Waals surface area contributed by atoms with Crippen LogP contribution in [0.2, 0.25) is 0 Å². The Labute approximate surface area is 219 Å². The van der Waals surface area contributed by atoms with Crippen LogP contribution in [0.3, 0.4) is 0 Å². The lowest BCUT2D eigenvalue weighted by molar-refractivity contribution is -0.617. The highest BCUT2D eigenvalue weighted by molar-refractivity contribution is 5.99. The van der Waals surface area contributed by atoms with E-state index in [4.69, 9.17) is 0 Å². The van der Waals surface area contributed by atoms with E-state index in [0.29, 0.717) is 0 Å². The number of para-hydroxylation sites is 4. The SMILES string of the molecule is CN1c2ccccc2C(C=c2c(=O)c(=Cc3c4ccccc4[n+](C)c4ccccc34)c2=O)c2ccccc21. The lowest BCUT2D eigenvalue weighted by Crippen LogP contribution is -2.64. The van der Waals surface area contributed by atoms with E-state index in [-0.39, 0.29) is 27.2 Å². The molecule has 6 aromatic rings. The molecule has 0 bridgehead atoms. The van der Waals surface area contributed by atoms with Crippen molar-refractivity contribution in [1.82, 2.24) is 0 Å². The number of fused-ring (bicyclic) bond motifs is 4. The molecule has 1 aliphatic rings. The first kappa shape index (κ1) is 22.4. The third kappa shape index (κ3) is 3.13. The van der Waals surface area contributed by atoms with Gasteiger partial charge in [-0.15, -0.1) is 0 Å². The van der Waals surface area contributed by atoms with Gasteiger partial charge in [0.15, 0.2) is 0 Å². The standard InChI is InChI=1S/C34H25N2O2/c1-35-29-15-7-3-11-21(29)25(22-12-4-8-16-30(22)35)19-27-33(37)28(34(27)38)20-26-23-13-5-9-17-31(23)36(2)32-18-10-6-14-24(26)32/h3-20,25H,1-2H3/q+1. The molecule has 0 saturated carbocycles. The fraction of sp³-hybridized carbons (Fsp3) is 0.0882. The van der Waals surface area contributed by atoms with Crippen molar-refractivity contribution >= 4 is 45.3 Å². The van der Waals surface area contributed by atoms with E-state index in [0.717, 1.165) is 49.9 Å². The van der Waals surface area contributed by atoms with Crippen LogP contribution in [0.4, 0.5) is 11.4 Å². The molecule has 5 aromatic carbocycles. The molecule has 0 N–H and O–H groups in total. The molecule has 1 aliphatic heterocycles. The predicted octanol–water partition coefficient (Wildman–Crippen LogP) is 3.94. The van der Waals surface area contributed by atoms with Crippen LogP contribution in [0.5, 0.6) is 0 Å². The van der Waals surface area contributed by atoms with Crippen molar-refractivity contribution < 1.29 is 4.57 Å². The summed E-state index contributed by atoms with van der Waals surface area (Å²) in [6.07, 6.45) is 3.66. The maximum Gasteiger partial charge on any atom is 0.213 e. The number of benzene rings is 4. The molecule has 1 aromatic heterocycles. The summed E-state index contributed by atoms with van der Waals surface area (Å²) >= 11 is 0. The summed E-state index contributed by atoms with van der Waals surface area (Å²) in [5, 5.41) is 2.54. The van der Waals surface area contributed by atoms with E-state index in [1.54, 1.807) is 6.08 Å². The molecular formula is C34H25N2O2+. The molecular weight excluding hydrogens is 468 g/mol. The minimum absolute atomic E-state index is 0.166. The van der Waals surface area contributed by atoms with Crippen molar-refractivity contribution in [3.05, 3.63) is 145 Å². The average Bonchev–Trinajstić information content (AvgIpc) is 2.97. The molecule has 0 amide bonds. The number of anilines is 2. The normalized spacial score (nSPS) is 13.1. The third-order valence-electron chi connectivity index (χ3n) is 7.98. The number of pyridine rings is 1. The van der Waals surface area contributed by atoms with E-state index >= 15 is 0 Å². The van der Waals surface area contributed by atoms with Gasteiger partial charge in [0.1, 0.15) is 7.05 Å². The summed E-state index contributed by atoms with van der Waals surface area (Å²) in [5.41, 5.74) is 6.96. The molecule has 0 spiro atoms. The van der Waals surface area contributed by atoms with Crippen LogP contribution >= 0.6 is 0 Å². The fourth-order valence-electron chi connectivity index (χ4n) is 6.03. The molecule has 182 valence electrons. The zero-order valence-electron chi connectivity index (χ0n) is 21.2. The molecule has 0 radical (unpaired) electrons. The van der Waals surface area contributed by atoms with Crippen molar-refractivity contribution in [2.45, 2.75) is 5.92 Å². The minimum atomic E-state index is -0.190. The van der Waals surface area contributed by atoms with Crippen LogP contribution in [0.25, 0.3) is 34.0 Å². The van der Waals surface area contributed by atoms with Crippen LogP contribution in [0.1, 0.15) is 22.6 Å². The van der Waals surface area contributed by atoms with Gasteiger partial charge in [-0.2, -0.15) is 4.57 Å². The first-order chi connectivity index (χ1) is 18.5. The number of aryl methyl sites for hydroxylation is 1. The Morgan fingerprint density at radius 2 is 1.13 bits per heavy atom. The maximum absolute atomic E-state index is 13.5. The minimum Gasteiger partial charge on any atom is -0.344 e. The summed E-state index contributed by atoms with van der Waals surface area (Å²) in [7, 11) is 4.09. The van der Waals surface area contributed by atoms with Crippen molar-refractivity contribution in [3.63, 3.8) is 0 Å². The second kappa shape index (κ2) is 8.35. The fourth-order valence-corrected chi connectivity index (χ4v) is 6.03. The maximum atomic E-state index is 13.5. The van der Waals surface area contributed by atoms with E-state index in [1.807, 2.05) is 73.8 Å². The number of rotatable bonds is 2. The molecule has 0 fully saturated rings. The first-order valence-electron chi connectivity index (χ1n) is 12.8. The van der Waals surface area contributed by atoms with Gasteiger partial charge >= 0.3 is 0 Å². The van der Waals surface area contributed by atoms with Crippen molar-refractivity contribution in [3.8, 4) is 0 Å². The largest absolute Gasteiger partial charge is 0.344 e. The Bertz CT molecular complexity index is 1980. The van der Waals surface area contributed by atoms with Crippen LogP contribution in [0, 0.1) is 0 Å². The van der Waals surface area contributed by atoms with Gasteiger partial charge in [0.2, 0.25) is 21.9 Å². The van der Waals surface area contributed by atoms with Crippen LogP contribution < -0.4 is 30.8 Å². The van der Waals surface area contributed by atoms with Gasteiger partial charge < -0.3 is 4.90 Å².